The van der Waals surface area contributed by atoms with Crippen LogP contribution >= 0.6 is 0 Å². The topological polar surface area (TPSA) is 64.6 Å². The second-order valence-electron chi connectivity index (χ2n) is 9.63. The average molecular weight is 543 g/mol. The third-order valence-corrected chi connectivity index (χ3v) is 17.4. The van der Waals surface area contributed by atoms with Crippen molar-refractivity contribution in [3.05, 3.63) is 0 Å². The molecule has 0 aromatic carbocycles. The first-order valence-electron chi connectivity index (χ1n) is 12.4. The quantitative estimate of drug-likeness (QED) is 0.146. The molecule has 0 bridgehead atoms. The SMILES string of the molecule is CO[Si](C)(CCCCC(CCCC[Si](C)(OC)OC)(CCCC[Si](C)(OC)OC)O[SiH3])OC. The van der Waals surface area contributed by atoms with E-state index in [1.807, 2.05) is 0 Å². The molecule has 0 heterocycles. The Bertz CT molecular complexity index is 423. The summed E-state index contributed by atoms with van der Waals surface area (Å²) in [6.07, 6.45) is 10.1. The fourth-order valence-corrected chi connectivity index (χ4v) is 9.24. The van der Waals surface area contributed by atoms with Gasteiger partial charge < -0.3 is 31.0 Å². The first-order valence-corrected chi connectivity index (χ1v) is 20.8. The largest absolute Gasteiger partial charge is 0.422 e. The maximum Gasteiger partial charge on any atom is 0.334 e. The van der Waals surface area contributed by atoms with Crippen LogP contribution in [0.5, 0.6) is 0 Å². The lowest BCUT2D eigenvalue weighted by molar-refractivity contribution is 0.0432. The van der Waals surface area contributed by atoms with E-state index >= 15 is 0 Å². The molecular weight excluding hydrogens is 489 g/mol. The van der Waals surface area contributed by atoms with Crippen LogP contribution in [0.15, 0.2) is 0 Å². The van der Waals surface area contributed by atoms with Crippen LogP contribution in [-0.2, 0) is 31.0 Å². The molecule has 0 saturated heterocycles. The van der Waals surface area contributed by atoms with Gasteiger partial charge in [-0.1, -0.05) is 38.5 Å². The van der Waals surface area contributed by atoms with E-state index in [1.54, 1.807) is 42.7 Å². The lowest BCUT2D eigenvalue weighted by Gasteiger charge is -2.35. The predicted octanol–water partition coefficient (Wildman–Crippen LogP) is 4.63. The Morgan fingerprint density at radius 2 is 0.727 bits per heavy atom. The summed E-state index contributed by atoms with van der Waals surface area (Å²) in [5.74, 6) is 0. The van der Waals surface area contributed by atoms with Crippen LogP contribution in [-0.4, -0.2) is 84.4 Å². The van der Waals surface area contributed by atoms with Gasteiger partial charge in [0.05, 0.1) is 5.60 Å². The molecule has 0 aromatic heterocycles. The van der Waals surface area contributed by atoms with Gasteiger partial charge in [0.25, 0.3) is 0 Å². The van der Waals surface area contributed by atoms with Gasteiger partial charge in [-0.15, -0.1) is 0 Å². The molecule has 0 aliphatic heterocycles. The van der Waals surface area contributed by atoms with Gasteiger partial charge in [0.2, 0.25) is 0 Å². The van der Waals surface area contributed by atoms with E-state index in [0.717, 1.165) is 86.4 Å². The molecule has 7 nitrogen and oxygen atoms in total. The summed E-state index contributed by atoms with van der Waals surface area (Å²) < 4.78 is 40.4. The molecule has 0 amide bonds. The molecule has 0 aromatic rings. The van der Waals surface area contributed by atoms with E-state index in [1.165, 1.54) is 0 Å². The van der Waals surface area contributed by atoms with E-state index in [4.69, 9.17) is 31.0 Å². The Morgan fingerprint density at radius 3 is 0.909 bits per heavy atom. The summed E-state index contributed by atoms with van der Waals surface area (Å²) in [7, 11) is 5.38. The fourth-order valence-electron chi connectivity index (χ4n) is 4.22. The molecule has 0 N–H and O–H groups in total. The van der Waals surface area contributed by atoms with Gasteiger partial charge >= 0.3 is 25.7 Å². The first-order chi connectivity index (χ1) is 15.5. The van der Waals surface area contributed by atoms with Crippen LogP contribution in [0.3, 0.4) is 0 Å². The number of unbranched alkanes of at least 4 members (excludes halogenated alkanes) is 3. The van der Waals surface area contributed by atoms with E-state index in [9.17, 15) is 0 Å². The van der Waals surface area contributed by atoms with Crippen LogP contribution in [0.1, 0.15) is 57.8 Å². The van der Waals surface area contributed by atoms with Crippen molar-refractivity contribution >= 4 is 36.2 Å². The highest BCUT2D eigenvalue weighted by Gasteiger charge is 2.33. The molecule has 0 unspecified atom stereocenters. The first kappa shape index (κ1) is 33.6. The zero-order chi connectivity index (χ0) is 25.4. The standard InChI is InChI=1S/C22H54O7Si4/c1-23-31(7,24-2)19-13-10-16-22(29-30,17-11-14-20-32(8,25-3)26-4)18-12-15-21-33(9,27-5)28-6/h10-21H2,1-9,30H3. The molecule has 0 aliphatic carbocycles. The molecular formula is C22H54O7Si4. The third kappa shape index (κ3) is 12.9. The zero-order valence-corrected chi connectivity index (χ0v) is 28.3. The molecule has 0 radical (unpaired) electrons. The summed E-state index contributed by atoms with van der Waals surface area (Å²) in [6.45, 7) is 6.42. The maximum atomic E-state index is 6.38. The molecule has 0 atom stereocenters. The van der Waals surface area contributed by atoms with Crippen LogP contribution < -0.4 is 0 Å². The van der Waals surface area contributed by atoms with Gasteiger partial charge in [-0.2, -0.15) is 0 Å². The van der Waals surface area contributed by atoms with Crippen LogP contribution in [0.25, 0.3) is 0 Å². The molecule has 33 heavy (non-hydrogen) atoms. The van der Waals surface area contributed by atoms with Crippen LogP contribution in [0.4, 0.5) is 0 Å². The Hall–Kier alpha value is 0.588. The Morgan fingerprint density at radius 1 is 0.485 bits per heavy atom. The van der Waals surface area contributed by atoms with Crippen molar-refractivity contribution in [1.82, 2.24) is 0 Å². The molecule has 0 fully saturated rings. The van der Waals surface area contributed by atoms with Crippen molar-refractivity contribution in [2.24, 2.45) is 0 Å². The van der Waals surface area contributed by atoms with Crippen molar-refractivity contribution in [2.75, 3.05) is 42.7 Å². The summed E-state index contributed by atoms with van der Waals surface area (Å²) in [5, 5.41) is 0. The monoisotopic (exact) mass is 542 g/mol. The van der Waals surface area contributed by atoms with Crippen molar-refractivity contribution in [3.63, 3.8) is 0 Å². The molecule has 0 saturated carbocycles. The van der Waals surface area contributed by atoms with Gasteiger partial charge in [0, 0.05) is 42.7 Å². The minimum Gasteiger partial charge on any atom is -0.422 e. The summed E-state index contributed by atoms with van der Waals surface area (Å²) >= 11 is 0. The normalized spacial score (nSPS) is 13.7. The highest BCUT2D eigenvalue weighted by atomic mass is 28.4. The van der Waals surface area contributed by atoms with Crippen LogP contribution in [0.2, 0.25) is 37.8 Å². The van der Waals surface area contributed by atoms with Gasteiger partial charge in [-0.25, -0.2) is 0 Å². The van der Waals surface area contributed by atoms with Crippen molar-refractivity contribution in [2.45, 2.75) is 101 Å². The summed E-state index contributed by atoms with van der Waals surface area (Å²) in [6, 6.07) is 3.07. The number of rotatable bonds is 22. The Kier molecular flexibility index (Phi) is 17.4. The van der Waals surface area contributed by atoms with Gasteiger partial charge in [-0.05, 0) is 57.0 Å². The second-order valence-corrected chi connectivity index (χ2v) is 20.8. The fraction of sp³-hybridized carbons (Fsp3) is 1.00. The molecule has 0 aliphatic rings. The van der Waals surface area contributed by atoms with Gasteiger partial charge in [0.1, 0.15) is 10.5 Å². The van der Waals surface area contributed by atoms with Gasteiger partial charge in [0.15, 0.2) is 0 Å². The van der Waals surface area contributed by atoms with Crippen LogP contribution in [0, 0.1) is 0 Å². The molecule has 0 rings (SSSR count). The van der Waals surface area contributed by atoms with Crippen molar-refractivity contribution in [3.8, 4) is 0 Å². The lowest BCUT2D eigenvalue weighted by Crippen LogP contribution is -2.37. The van der Waals surface area contributed by atoms with Crippen molar-refractivity contribution < 1.29 is 31.0 Å². The lowest BCUT2D eigenvalue weighted by atomic mass is 9.86. The second kappa shape index (κ2) is 17.1. The Labute approximate surface area is 210 Å². The number of hydrogen-bond acceptors (Lipinski definition) is 7. The van der Waals surface area contributed by atoms with Gasteiger partial charge in [-0.3, -0.25) is 0 Å². The van der Waals surface area contributed by atoms with E-state index < -0.39 is 25.7 Å². The summed E-state index contributed by atoms with van der Waals surface area (Å²) in [5.41, 5.74) is -0.0273. The third-order valence-electron chi connectivity index (χ3n) is 7.56. The Balaban J connectivity index is 4.94. The maximum absolute atomic E-state index is 6.38. The number of hydrogen-bond donors (Lipinski definition) is 0. The minimum absolute atomic E-state index is 0.0273. The molecule has 200 valence electrons. The van der Waals surface area contributed by atoms with Crippen molar-refractivity contribution in [1.29, 1.82) is 0 Å². The predicted molar refractivity (Wildman–Crippen MR) is 147 cm³/mol. The molecule has 0 spiro atoms. The molecule has 11 heteroatoms. The highest BCUT2D eigenvalue weighted by molar-refractivity contribution is 6.66. The summed E-state index contributed by atoms with van der Waals surface area (Å²) in [4.78, 5) is 0. The highest BCUT2D eigenvalue weighted by Crippen LogP contribution is 2.33. The smallest absolute Gasteiger partial charge is 0.334 e. The van der Waals surface area contributed by atoms with E-state index in [2.05, 4.69) is 19.6 Å². The zero-order valence-electron chi connectivity index (χ0n) is 23.3. The van der Waals surface area contributed by atoms with E-state index in [0.29, 0.717) is 0 Å². The van der Waals surface area contributed by atoms with E-state index in [-0.39, 0.29) is 5.60 Å². The average Bonchev–Trinajstić information content (AvgIpc) is 2.86. The minimum atomic E-state index is -2.00.